The molecule has 0 aromatic rings. The molecule has 2 nitrogen and oxygen atoms in total. The van der Waals surface area contributed by atoms with Crippen LogP contribution in [0.5, 0.6) is 0 Å². The second-order valence-electron chi connectivity index (χ2n) is 2.04. The van der Waals surface area contributed by atoms with Gasteiger partial charge in [0.05, 0.1) is 30.6 Å². The van der Waals surface area contributed by atoms with Gasteiger partial charge in [0.25, 0.3) is 0 Å². The first-order chi connectivity index (χ1) is 5.24. The van der Waals surface area contributed by atoms with E-state index >= 15 is 0 Å². The molecule has 0 amide bonds. The van der Waals surface area contributed by atoms with Gasteiger partial charge in [-0.2, -0.15) is 0 Å². The van der Waals surface area contributed by atoms with E-state index in [9.17, 15) is 0 Å². The maximum absolute atomic E-state index is 8.12. The zero-order chi connectivity index (χ0) is 8.69. The Morgan fingerprint density at radius 2 is 2.09 bits per heavy atom. The summed E-state index contributed by atoms with van der Waals surface area (Å²) in [5.74, 6) is 0.984. The monoisotopic (exact) mass is 220 g/mol. The Labute approximate surface area is 81.4 Å². The summed E-state index contributed by atoms with van der Waals surface area (Å²) >= 11 is 15.7. The second-order valence-corrected chi connectivity index (χ2v) is 3.28. The number of alkyl halides is 3. The summed E-state index contributed by atoms with van der Waals surface area (Å²) < 4.78 is 4.73. The van der Waals surface area contributed by atoms with Gasteiger partial charge in [-0.25, -0.2) is 0 Å². The van der Waals surface area contributed by atoms with E-state index in [0.29, 0.717) is 17.9 Å². The van der Waals surface area contributed by atoms with Gasteiger partial charge in [0, 0.05) is 5.88 Å². The van der Waals surface area contributed by atoms with Crippen molar-refractivity contribution in [3.63, 3.8) is 0 Å². The molecule has 0 unspecified atom stereocenters. The lowest BCUT2D eigenvalue weighted by atomic mass is 10.5. The van der Waals surface area contributed by atoms with E-state index in [1.54, 1.807) is 0 Å². The molecule has 1 fully saturated rings. The van der Waals surface area contributed by atoms with Gasteiger partial charge in [-0.3, -0.25) is 0 Å². The van der Waals surface area contributed by atoms with Gasteiger partial charge < -0.3 is 9.84 Å². The molecule has 0 spiro atoms. The van der Waals surface area contributed by atoms with Gasteiger partial charge in [0.2, 0.25) is 0 Å². The summed E-state index contributed by atoms with van der Waals surface area (Å²) in [5, 5.41) is 7.85. The summed E-state index contributed by atoms with van der Waals surface area (Å²) in [6.45, 7) is 0.842. The van der Waals surface area contributed by atoms with Crippen LogP contribution in [0, 0.1) is 0 Å². The third-order valence-electron chi connectivity index (χ3n) is 0.940. The van der Waals surface area contributed by atoms with E-state index in [1.165, 1.54) is 0 Å². The fourth-order valence-electron chi connectivity index (χ4n) is 0.206. The number of hydrogen-bond donors (Lipinski definition) is 1. The van der Waals surface area contributed by atoms with Crippen LogP contribution >= 0.6 is 34.8 Å². The van der Waals surface area contributed by atoms with Gasteiger partial charge in [-0.1, -0.05) is 0 Å². The normalized spacial score (nSPS) is 23.5. The van der Waals surface area contributed by atoms with Crippen LogP contribution in [-0.2, 0) is 4.74 Å². The van der Waals surface area contributed by atoms with Crippen molar-refractivity contribution < 1.29 is 9.84 Å². The molecular formula is C6H11Cl3O2. The molecule has 1 heterocycles. The number of aliphatic hydroxyl groups is 1. The van der Waals surface area contributed by atoms with Crippen molar-refractivity contribution in [2.24, 2.45) is 0 Å². The average Bonchev–Trinajstić information content (AvgIpc) is 2.86. The number of halogens is 3. The van der Waals surface area contributed by atoms with Crippen LogP contribution in [-0.4, -0.2) is 41.6 Å². The molecule has 2 atom stereocenters. The molecule has 0 saturated carbocycles. The zero-order valence-electron chi connectivity index (χ0n) is 5.97. The fourth-order valence-corrected chi connectivity index (χ4v) is 0.482. The lowest BCUT2D eigenvalue weighted by molar-refractivity contribution is 0.299. The molecule has 0 aromatic heterocycles. The minimum Gasteiger partial charge on any atom is -0.395 e. The number of hydrogen-bond acceptors (Lipinski definition) is 2. The number of rotatable bonds is 3. The Hall–Kier alpha value is 0.790. The van der Waals surface area contributed by atoms with Crippen molar-refractivity contribution >= 4 is 34.8 Å². The Morgan fingerprint density at radius 3 is 2.09 bits per heavy atom. The first kappa shape index (κ1) is 11.8. The number of aliphatic hydroxyl groups excluding tert-OH is 1. The minimum absolute atomic E-state index is 0.0367. The molecule has 1 saturated heterocycles. The maximum atomic E-state index is 8.12. The Kier molecular flexibility index (Phi) is 7.97. The topological polar surface area (TPSA) is 32.8 Å². The number of ether oxygens (including phenoxy) is 1. The Balaban J connectivity index is 0.000000183. The molecule has 1 aliphatic heterocycles. The lowest BCUT2D eigenvalue weighted by Crippen LogP contribution is -2.04. The van der Waals surface area contributed by atoms with Gasteiger partial charge >= 0.3 is 0 Å². The molecular weight excluding hydrogens is 210 g/mol. The average molecular weight is 222 g/mol. The Morgan fingerprint density at radius 1 is 1.55 bits per heavy atom. The molecule has 1 rings (SSSR count). The van der Waals surface area contributed by atoms with E-state index < -0.39 is 0 Å². The molecule has 5 heteroatoms. The molecule has 0 bridgehead atoms. The lowest BCUT2D eigenvalue weighted by Gasteiger charge is -1.93. The van der Waals surface area contributed by atoms with Crippen molar-refractivity contribution in [3.05, 3.63) is 0 Å². The highest BCUT2D eigenvalue weighted by atomic mass is 35.5. The van der Waals surface area contributed by atoms with Crippen molar-refractivity contribution in [2.75, 3.05) is 25.0 Å². The van der Waals surface area contributed by atoms with Crippen LogP contribution < -0.4 is 0 Å². The van der Waals surface area contributed by atoms with E-state index in [4.69, 9.17) is 44.6 Å². The molecule has 1 N–H and O–H groups in total. The summed E-state index contributed by atoms with van der Waals surface area (Å²) in [5.41, 5.74) is 0. The minimum atomic E-state index is -0.272. The summed E-state index contributed by atoms with van der Waals surface area (Å²) in [6, 6.07) is 0. The predicted octanol–water partition coefficient (Wildman–Crippen LogP) is 1.45. The van der Waals surface area contributed by atoms with Crippen LogP contribution in [0.4, 0.5) is 0 Å². The predicted molar refractivity (Wildman–Crippen MR) is 47.9 cm³/mol. The van der Waals surface area contributed by atoms with Crippen molar-refractivity contribution in [1.29, 1.82) is 0 Å². The molecule has 0 aromatic carbocycles. The van der Waals surface area contributed by atoms with Gasteiger partial charge in [0.15, 0.2) is 0 Å². The third-order valence-corrected chi connectivity index (χ3v) is 2.11. The van der Waals surface area contributed by atoms with Crippen LogP contribution in [0.15, 0.2) is 0 Å². The third kappa shape index (κ3) is 8.70. The zero-order valence-corrected chi connectivity index (χ0v) is 8.24. The SMILES string of the molecule is ClC[C@@H]1CO1.OC[C@@H](Cl)CCl. The highest BCUT2D eigenvalue weighted by Crippen LogP contribution is 2.08. The van der Waals surface area contributed by atoms with Crippen molar-refractivity contribution in [2.45, 2.75) is 11.5 Å². The smallest absolute Gasteiger partial charge is 0.0944 e. The van der Waals surface area contributed by atoms with Gasteiger partial charge in [-0.15, -0.1) is 34.8 Å². The molecule has 11 heavy (non-hydrogen) atoms. The second kappa shape index (κ2) is 7.44. The molecule has 68 valence electrons. The summed E-state index contributed by atoms with van der Waals surface area (Å²) in [4.78, 5) is 0. The van der Waals surface area contributed by atoms with Gasteiger partial charge in [-0.05, 0) is 0 Å². The first-order valence-electron chi connectivity index (χ1n) is 3.23. The number of epoxide rings is 1. The fraction of sp³-hybridized carbons (Fsp3) is 1.00. The highest BCUT2D eigenvalue weighted by molar-refractivity contribution is 6.28. The van der Waals surface area contributed by atoms with Crippen LogP contribution in [0.3, 0.4) is 0 Å². The highest BCUT2D eigenvalue weighted by Gasteiger charge is 2.19. The van der Waals surface area contributed by atoms with Crippen LogP contribution in [0.25, 0.3) is 0 Å². The standard InChI is InChI=1S/C3H6Cl2O.C3H5ClO/c4-1-3(5)2-6;4-1-3-2-5-3/h3,6H,1-2H2;3H,1-2H2/t2*3-/m01/s1. The maximum Gasteiger partial charge on any atom is 0.0944 e. The van der Waals surface area contributed by atoms with E-state index in [1.807, 2.05) is 0 Å². The molecule has 0 radical (unpaired) electrons. The van der Waals surface area contributed by atoms with Gasteiger partial charge in [0.1, 0.15) is 0 Å². The molecule has 0 aliphatic carbocycles. The van der Waals surface area contributed by atoms with E-state index in [2.05, 4.69) is 0 Å². The van der Waals surface area contributed by atoms with Crippen LogP contribution in [0.1, 0.15) is 0 Å². The van der Waals surface area contributed by atoms with E-state index in [-0.39, 0.29) is 12.0 Å². The van der Waals surface area contributed by atoms with E-state index in [0.717, 1.165) is 6.61 Å². The summed E-state index contributed by atoms with van der Waals surface area (Å²) in [7, 11) is 0. The Bertz CT molecular complexity index is 83.9. The van der Waals surface area contributed by atoms with Crippen molar-refractivity contribution in [1.82, 2.24) is 0 Å². The first-order valence-corrected chi connectivity index (χ1v) is 4.73. The summed E-state index contributed by atoms with van der Waals surface area (Å²) in [6.07, 6.45) is 0.400. The molecule has 1 aliphatic rings. The largest absolute Gasteiger partial charge is 0.395 e. The quantitative estimate of drug-likeness (QED) is 0.578. The van der Waals surface area contributed by atoms with Crippen LogP contribution in [0.2, 0.25) is 0 Å². The van der Waals surface area contributed by atoms with Crippen molar-refractivity contribution in [3.8, 4) is 0 Å².